The number of rotatable bonds is 10. The van der Waals surface area contributed by atoms with E-state index in [1.807, 2.05) is 0 Å². The van der Waals surface area contributed by atoms with Crippen molar-refractivity contribution < 1.29 is 18.9 Å². The minimum atomic E-state index is -1.81. The van der Waals surface area contributed by atoms with Crippen molar-refractivity contribution >= 4 is 53.8 Å². The third-order valence-electron chi connectivity index (χ3n) is 6.03. The van der Waals surface area contributed by atoms with E-state index in [0.29, 0.717) is 0 Å². The van der Waals surface area contributed by atoms with E-state index in [4.69, 9.17) is 0 Å². The van der Waals surface area contributed by atoms with Crippen LogP contribution in [-0.2, 0) is 0 Å². The van der Waals surface area contributed by atoms with Crippen LogP contribution in [0.1, 0.15) is 0 Å². The second kappa shape index (κ2) is 13.8. The molecule has 0 aromatic heterocycles. The summed E-state index contributed by atoms with van der Waals surface area (Å²) in [6, 6.07) is 44.5. The molecule has 4 aromatic rings. The quantitative estimate of drug-likeness (QED) is 0.159. The van der Waals surface area contributed by atoms with Gasteiger partial charge >= 0.3 is 18.9 Å². The van der Waals surface area contributed by atoms with Gasteiger partial charge in [-0.1, -0.05) is 161 Å². The maximum atomic E-state index is 2.80. The zero-order valence-electron chi connectivity index (χ0n) is 23.9. The Kier molecular flexibility index (Phi) is 11.4. The maximum absolute atomic E-state index is 2.80. The molecule has 0 N–H and O–H groups in total. The standard InChI is InChI=1S/C31H39N2P2Si2.Li/c1-36(2,3)32(34(28-19-11-7-12-20-28)29-21-13-8-14-22-29)27-33(37(4,5)6)35(30-23-15-9-16-24-30)31-25-17-10-18-26-31;/h7-27H,1-6H3;/q-1;+1. The van der Waals surface area contributed by atoms with E-state index >= 15 is 0 Å². The summed E-state index contributed by atoms with van der Waals surface area (Å²) in [6.45, 7) is 17.5. The molecule has 38 heavy (non-hydrogen) atoms. The van der Waals surface area contributed by atoms with E-state index in [9.17, 15) is 0 Å². The van der Waals surface area contributed by atoms with Gasteiger partial charge in [-0.2, -0.15) is 0 Å². The SMILES string of the molecule is C[Si](C)(C)N([CH-]N(P(c1ccccc1)c1ccccc1)[Si](C)(C)C)P(c1ccccc1)c1ccccc1.[Li+]. The minimum Gasteiger partial charge on any atom is -0.436 e. The second-order valence-electron chi connectivity index (χ2n) is 11.1. The first kappa shape index (κ1) is 31.2. The van der Waals surface area contributed by atoms with Gasteiger partial charge in [-0.25, -0.2) is 6.67 Å². The van der Waals surface area contributed by atoms with Crippen molar-refractivity contribution in [1.29, 1.82) is 0 Å². The molecular weight excluding hydrogens is 525 g/mol. The van der Waals surface area contributed by atoms with Gasteiger partial charge in [0, 0.05) is 0 Å². The van der Waals surface area contributed by atoms with E-state index in [1.165, 1.54) is 21.2 Å². The zero-order valence-corrected chi connectivity index (χ0v) is 27.7. The molecule has 7 heteroatoms. The molecule has 0 saturated heterocycles. The molecular formula is C31H39LiN2P2Si2. The number of hydrogen-bond acceptors (Lipinski definition) is 2. The van der Waals surface area contributed by atoms with Crippen LogP contribution in [0.25, 0.3) is 0 Å². The summed E-state index contributed by atoms with van der Waals surface area (Å²) in [5, 5.41) is 5.62. The smallest absolute Gasteiger partial charge is 0.436 e. The van der Waals surface area contributed by atoms with Crippen molar-refractivity contribution in [1.82, 2.24) is 8.67 Å². The van der Waals surface area contributed by atoms with Crippen molar-refractivity contribution in [3.63, 3.8) is 0 Å². The fourth-order valence-corrected chi connectivity index (χ4v) is 15.5. The summed E-state index contributed by atoms with van der Waals surface area (Å²) in [5.41, 5.74) is 0. The summed E-state index contributed by atoms with van der Waals surface area (Å²) in [7, 11) is -5.04. The molecule has 0 fully saturated rings. The summed E-state index contributed by atoms with van der Waals surface area (Å²) in [6.07, 6.45) is 0. The monoisotopic (exact) mass is 564 g/mol. The van der Waals surface area contributed by atoms with Crippen molar-refractivity contribution in [3.8, 4) is 0 Å². The molecule has 0 radical (unpaired) electrons. The first-order chi connectivity index (χ1) is 17.7. The molecule has 2 nitrogen and oxygen atoms in total. The van der Waals surface area contributed by atoms with Gasteiger partial charge in [-0.15, -0.1) is 0 Å². The Morgan fingerprint density at radius 3 is 0.816 bits per heavy atom. The molecule has 4 rings (SSSR count). The Hall–Kier alpha value is -1.31. The number of nitrogens with zero attached hydrogens (tertiary/aromatic N) is 2. The van der Waals surface area contributed by atoms with Crippen LogP contribution in [0.4, 0.5) is 0 Å². The van der Waals surface area contributed by atoms with Crippen LogP contribution in [0.15, 0.2) is 121 Å². The van der Waals surface area contributed by atoms with Crippen LogP contribution < -0.4 is 40.1 Å². The topological polar surface area (TPSA) is 6.48 Å². The largest absolute Gasteiger partial charge is 1.00 e. The normalized spacial score (nSPS) is 12.3. The molecule has 0 aliphatic rings. The molecule has 0 bridgehead atoms. The molecule has 0 saturated carbocycles. The molecule has 0 atom stereocenters. The average molecular weight is 565 g/mol. The Balaban J connectivity index is 0.00000400. The van der Waals surface area contributed by atoms with Gasteiger partial charge in [0.1, 0.15) is 0 Å². The van der Waals surface area contributed by atoms with E-state index in [0.717, 1.165) is 0 Å². The second-order valence-corrected chi connectivity index (χ2v) is 25.7. The molecule has 0 aliphatic carbocycles. The number of benzene rings is 4. The van der Waals surface area contributed by atoms with Crippen LogP contribution in [0, 0.1) is 6.67 Å². The molecule has 0 unspecified atom stereocenters. The molecule has 0 spiro atoms. The van der Waals surface area contributed by atoms with Gasteiger partial charge in [0.15, 0.2) is 0 Å². The Bertz CT molecular complexity index is 1060. The van der Waals surface area contributed by atoms with Gasteiger partial charge in [-0.05, 0) is 37.4 Å². The summed E-state index contributed by atoms with van der Waals surface area (Å²) < 4.78 is 5.60. The predicted molar refractivity (Wildman–Crippen MR) is 173 cm³/mol. The van der Waals surface area contributed by atoms with Gasteiger partial charge < -0.3 is 8.67 Å². The first-order valence-electron chi connectivity index (χ1n) is 12.9. The van der Waals surface area contributed by atoms with Gasteiger partial charge in [0.25, 0.3) is 0 Å². The maximum Gasteiger partial charge on any atom is 1.00 e. The average Bonchev–Trinajstić information content (AvgIpc) is 2.89. The van der Waals surface area contributed by atoms with Crippen molar-refractivity contribution in [2.45, 2.75) is 39.3 Å². The summed E-state index contributed by atoms with van der Waals surface area (Å²) >= 11 is 0. The molecule has 0 heterocycles. The zero-order chi connectivity index (χ0) is 26.5. The van der Waals surface area contributed by atoms with Crippen LogP contribution in [0.5, 0.6) is 0 Å². The Morgan fingerprint density at radius 2 is 0.632 bits per heavy atom. The van der Waals surface area contributed by atoms with Crippen molar-refractivity contribution in [3.05, 3.63) is 128 Å². The summed E-state index contributed by atoms with van der Waals surface area (Å²) in [4.78, 5) is 0. The minimum absolute atomic E-state index is 0. The number of hydrogen-bond donors (Lipinski definition) is 0. The van der Waals surface area contributed by atoms with Crippen molar-refractivity contribution in [2.24, 2.45) is 0 Å². The van der Waals surface area contributed by atoms with Crippen molar-refractivity contribution in [2.75, 3.05) is 0 Å². The third kappa shape index (κ3) is 7.88. The van der Waals surface area contributed by atoms with Crippen LogP contribution in [0.2, 0.25) is 39.3 Å². The predicted octanol–water partition coefficient (Wildman–Crippen LogP) is 4.48. The van der Waals surface area contributed by atoms with Gasteiger partial charge in [-0.3, -0.25) is 0 Å². The molecule has 4 aromatic carbocycles. The van der Waals surface area contributed by atoms with E-state index in [2.05, 4.69) is 176 Å². The fraction of sp³-hybridized carbons (Fsp3) is 0.194. The van der Waals surface area contributed by atoms with Gasteiger partial charge in [0.2, 0.25) is 0 Å². The first-order valence-corrected chi connectivity index (χ1v) is 22.4. The van der Waals surface area contributed by atoms with E-state index in [1.54, 1.807) is 0 Å². The van der Waals surface area contributed by atoms with Gasteiger partial charge in [0.05, 0.1) is 16.5 Å². The Labute approximate surface area is 247 Å². The molecule has 0 aliphatic heterocycles. The van der Waals surface area contributed by atoms with Crippen LogP contribution >= 0.6 is 16.1 Å². The van der Waals surface area contributed by atoms with Crippen LogP contribution in [0.3, 0.4) is 0 Å². The van der Waals surface area contributed by atoms with E-state index in [-0.39, 0.29) is 18.9 Å². The van der Waals surface area contributed by atoms with Crippen LogP contribution in [-0.4, -0.2) is 25.1 Å². The molecule has 192 valence electrons. The Morgan fingerprint density at radius 1 is 0.421 bits per heavy atom. The molecule has 0 amide bonds. The fourth-order valence-electron chi connectivity index (χ4n) is 4.23. The van der Waals surface area contributed by atoms with E-state index < -0.39 is 32.6 Å². The summed E-state index contributed by atoms with van der Waals surface area (Å²) in [5.74, 6) is 0. The third-order valence-corrected chi connectivity index (χ3v) is 18.0.